The Labute approximate surface area is 170 Å². The van der Waals surface area contributed by atoms with E-state index in [-0.39, 0.29) is 18.5 Å². The smallest absolute Gasteiger partial charge is 0.328 e. The van der Waals surface area contributed by atoms with Crippen molar-refractivity contribution in [2.24, 2.45) is 4.99 Å². The summed E-state index contributed by atoms with van der Waals surface area (Å²) in [7, 11) is 1.65. The molecule has 2 unspecified atom stereocenters. The van der Waals surface area contributed by atoms with Crippen LogP contribution in [0.5, 0.6) is 0 Å². The Bertz CT molecular complexity index is 792. The van der Waals surface area contributed by atoms with Crippen LogP contribution >= 0.6 is 39.1 Å². The molecule has 6 nitrogen and oxygen atoms in total. The summed E-state index contributed by atoms with van der Waals surface area (Å²) in [6.07, 6.45) is 1.08. The van der Waals surface area contributed by atoms with Crippen molar-refractivity contribution < 1.29 is 9.59 Å². The fourth-order valence-electron chi connectivity index (χ4n) is 2.98. The molecule has 0 N–H and O–H groups in total. The number of imide groups is 1. The number of aliphatic imine (C=N–C) groups is 1. The topological polar surface area (TPSA) is 56.2 Å². The lowest BCUT2D eigenvalue weighted by Gasteiger charge is -2.41. The van der Waals surface area contributed by atoms with Crippen molar-refractivity contribution in [1.29, 1.82) is 0 Å². The van der Waals surface area contributed by atoms with E-state index in [9.17, 15) is 9.59 Å². The van der Waals surface area contributed by atoms with Gasteiger partial charge in [0.25, 0.3) is 5.91 Å². The molecule has 138 valence electrons. The van der Waals surface area contributed by atoms with Crippen LogP contribution in [0.2, 0.25) is 5.02 Å². The van der Waals surface area contributed by atoms with Crippen molar-refractivity contribution in [2.45, 2.75) is 25.7 Å². The summed E-state index contributed by atoms with van der Waals surface area (Å²) in [5.74, 6) is -0.292. The zero-order valence-electron chi connectivity index (χ0n) is 14.2. The quantitative estimate of drug-likeness (QED) is 0.646. The van der Waals surface area contributed by atoms with Gasteiger partial charge in [0.05, 0.1) is 0 Å². The number of carbonyl (C=O) groups is 2. The van der Waals surface area contributed by atoms with E-state index in [0.717, 1.165) is 5.56 Å². The first-order chi connectivity index (χ1) is 12.3. The van der Waals surface area contributed by atoms with Crippen LogP contribution in [0.15, 0.2) is 40.4 Å². The fraction of sp³-hybridized carbons (Fsp3) is 0.353. The molecule has 0 aliphatic carbocycles. The number of urea groups is 1. The monoisotopic (exact) mass is 458 g/mol. The minimum Gasteiger partial charge on any atom is -0.331 e. The molecule has 2 heterocycles. The number of rotatable bonds is 4. The number of allylic oxidation sites excluding steroid dienone is 1. The van der Waals surface area contributed by atoms with Crippen LogP contribution in [0.3, 0.4) is 0 Å². The SMILES string of the molecule is C/C(Cl)=C\CN1C(=O)C2C(N=C(Br)N2Cc2ccc(Cl)cc2)N(C)C1=O. The summed E-state index contributed by atoms with van der Waals surface area (Å²) < 4.78 is 0.543. The summed E-state index contributed by atoms with van der Waals surface area (Å²) in [6.45, 7) is 2.30. The molecule has 3 rings (SSSR count). The maximum absolute atomic E-state index is 13.0. The van der Waals surface area contributed by atoms with Crippen LogP contribution in [0.4, 0.5) is 4.79 Å². The first-order valence-electron chi connectivity index (χ1n) is 7.94. The number of likely N-dealkylation sites (N-methyl/N-ethyl adjacent to an activating group) is 1. The summed E-state index contributed by atoms with van der Waals surface area (Å²) in [6, 6.07) is 6.42. The maximum atomic E-state index is 13.0. The van der Waals surface area contributed by atoms with E-state index in [2.05, 4.69) is 20.9 Å². The summed E-state index contributed by atoms with van der Waals surface area (Å²) in [5, 5.41) is 1.17. The summed E-state index contributed by atoms with van der Waals surface area (Å²) in [4.78, 5) is 34.6. The second-order valence-electron chi connectivity index (χ2n) is 6.14. The van der Waals surface area contributed by atoms with Crippen LogP contribution in [0, 0.1) is 0 Å². The number of amidine groups is 1. The van der Waals surface area contributed by atoms with Gasteiger partial charge in [-0.05, 0) is 40.5 Å². The van der Waals surface area contributed by atoms with E-state index in [1.165, 1.54) is 9.80 Å². The Morgan fingerprint density at radius 3 is 2.58 bits per heavy atom. The van der Waals surface area contributed by atoms with Gasteiger partial charge in [0, 0.05) is 30.2 Å². The molecule has 0 aromatic heterocycles. The lowest BCUT2D eigenvalue weighted by molar-refractivity contribution is -0.137. The third-order valence-electron chi connectivity index (χ3n) is 4.36. The molecule has 1 aromatic carbocycles. The number of fused-ring (bicyclic) bond motifs is 1. The molecule has 2 atom stereocenters. The second kappa shape index (κ2) is 7.58. The third-order valence-corrected chi connectivity index (χ3v) is 5.43. The molecule has 1 fully saturated rings. The van der Waals surface area contributed by atoms with E-state index in [1.807, 2.05) is 17.0 Å². The lowest BCUT2D eigenvalue weighted by atomic mass is 10.1. The highest BCUT2D eigenvalue weighted by Gasteiger charge is 2.51. The number of hydrogen-bond acceptors (Lipinski definition) is 4. The van der Waals surface area contributed by atoms with Gasteiger partial charge in [-0.1, -0.05) is 41.4 Å². The van der Waals surface area contributed by atoms with Gasteiger partial charge in [-0.2, -0.15) is 0 Å². The van der Waals surface area contributed by atoms with Gasteiger partial charge in [-0.3, -0.25) is 9.69 Å². The predicted molar refractivity (Wildman–Crippen MR) is 105 cm³/mol. The molecule has 1 aromatic rings. The molecular weight excluding hydrogens is 443 g/mol. The minimum atomic E-state index is -0.591. The molecule has 2 aliphatic rings. The number of halogens is 3. The van der Waals surface area contributed by atoms with Crippen LogP contribution in [0.25, 0.3) is 0 Å². The van der Waals surface area contributed by atoms with Crippen molar-refractivity contribution in [1.82, 2.24) is 14.7 Å². The van der Waals surface area contributed by atoms with Crippen molar-refractivity contribution in [3.05, 3.63) is 46.0 Å². The molecule has 9 heteroatoms. The Hall–Kier alpha value is -1.57. The standard InChI is InChI=1S/C17H17BrCl2N4O2/c1-10(19)7-8-23-15(25)13-14(22(2)17(23)26)21-16(18)24(13)9-11-3-5-12(20)6-4-11/h3-7,13-14H,8-9H2,1-2H3/b10-7+. The highest BCUT2D eigenvalue weighted by molar-refractivity contribution is 9.18. The molecule has 3 amide bonds. The maximum Gasteiger partial charge on any atom is 0.328 e. The minimum absolute atomic E-state index is 0.132. The average Bonchev–Trinajstić information content (AvgIpc) is 2.91. The number of nitrogens with zero attached hydrogens (tertiary/aromatic N) is 4. The molecule has 0 saturated carbocycles. The van der Waals surface area contributed by atoms with Crippen molar-refractivity contribution in [3.8, 4) is 0 Å². The van der Waals surface area contributed by atoms with Gasteiger partial charge in [0.15, 0.2) is 17.0 Å². The fourth-order valence-corrected chi connectivity index (χ4v) is 3.73. The van der Waals surface area contributed by atoms with E-state index < -0.39 is 12.2 Å². The molecule has 0 radical (unpaired) electrons. The zero-order valence-corrected chi connectivity index (χ0v) is 17.3. The third kappa shape index (κ3) is 3.61. The van der Waals surface area contributed by atoms with Gasteiger partial charge >= 0.3 is 6.03 Å². The Kier molecular flexibility index (Phi) is 5.60. The lowest BCUT2D eigenvalue weighted by Crippen LogP contribution is -2.64. The molecule has 2 aliphatic heterocycles. The summed E-state index contributed by atoms with van der Waals surface area (Å²) >= 11 is 15.2. The average molecular weight is 460 g/mol. The van der Waals surface area contributed by atoms with Crippen molar-refractivity contribution >= 4 is 55.8 Å². The highest BCUT2D eigenvalue weighted by atomic mass is 79.9. The van der Waals surface area contributed by atoms with Gasteiger partial charge in [0.1, 0.15) is 0 Å². The molecule has 0 bridgehead atoms. The van der Waals surface area contributed by atoms with E-state index in [1.54, 1.807) is 32.2 Å². The van der Waals surface area contributed by atoms with Crippen LogP contribution < -0.4 is 0 Å². The Balaban J connectivity index is 1.88. The Morgan fingerprint density at radius 2 is 1.96 bits per heavy atom. The summed E-state index contributed by atoms with van der Waals surface area (Å²) in [5.41, 5.74) is 0.984. The number of hydrogen-bond donors (Lipinski definition) is 0. The first kappa shape index (κ1) is 19.2. The van der Waals surface area contributed by atoms with Crippen LogP contribution in [-0.2, 0) is 11.3 Å². The first-order valence-corrected chi connectivity index (χ1v) is 9.49. The Morgan fingerprint density at radius 1 is 1.31 bits per heavy atom. The zero-order chi connectivity index (χ0) is 19.0. The second-order valence-corrected chi connectivity index (χ2v) is 7.89. The van der Waals surface area contributed by atoms with Gasteiger partial charge in [-0.25, -0.2) is 9.79 Å². The van der Waals surface area contributed by atoms with Crippen molar-refractivity contribution in [3.63, 3.8) is 0 Å². The molecule has 1 saturated heterocycles. The number of benzene rings is 1. The number of amides is 3. The molecule has 0 spiro atoms. The normalized spacial score (nSPS) is 23.5. The van der Waals surface area contributed by atoms with E-state index in [4.69, 9.17) is 23.2 Å². The van der Waals surface area contributed by atoms with E-state index >= 15 is 0 Å². The number of carbonyl (C=O) groups excluding carboxylic acids is 2. The molecule has 26 heavy (non-hydrogen) atoms. The highest BCUT2D eigenvalue weighted by Crippen LogP contribution is 2.31. The predicted octanol–water partition coefficient (Wildman–Crippen LogP) is 3.64. The van der Waals surface area contributed by atoms with Crippen LogP contribution in [0.1, 0.15) is 12.5 Å². The molecular formula is C17H17BrCl2N4O2. The van der Waals surface area contributed by atoms with E-state index in [0.29, 0.717) is 21.3 Å². The van der Waals surface area contributed by atoms with Crippen molar-refractivity contribution in [2.75, 3.05) is 13.6 Å². The van der Waals surface area contributed by atoms with Gasteiger partial charge in [-0.15, -0.1) is 0 Å². The van der Waals surface area contributed by atoms with Crippen LogP contribution in [-0.4, -0.2) is 57.2 Å². The largest absolute Gasteiger partial charge is 0.331 e. The van der Waals surface area contributed by atoms with Gasteiger partial charge < -0.3 is 9.80 Å². The van der Waals surface area contributed by atoms with Gasteiger partial charge in [0.2, 0.25) is 0 Å².